The Kier molecular flexibility index (Phi) is 6.79. The molecule has 0 saturated carbocycles. The molecule has 3 aromatic carbocycles. The molecule has 1 unspecified atom stereocenters. The lowest BCUT2D eigenvalue weighted by molar-refractivity contribution is -0.385. The monoisotopic (exact) mass is 530 g/mol. The summed E-state index contributed by atoms with van der Waals surface area (Å²) in [6.45, 7) is 0. The van der Waals surface area contributed by atoms with E-state index in [9.17, 15) is 40.5 Å². The normalized spacial score (nSPS) is 13.3. The summed E-state index contributed by atoms with van der Waals surface area (Å²) in [5.74, 6) is -0.408. The Hall–Kier alpha value is -3.34. The first kappa shape index (κ1) is 25.3. The van der Waals surface area contributed by atoms with Crippen molar-refractivity contribution in [1.29, 1.82) is 0 Å². The molecule has 180 valence electrons. The lowest BCUT2D eigenvalue weighted by Gasteiger charge is -2.14. The first-order chi connectivity index (χ1) is 15.7. The maximum Gasteiger partial charge on any atom is 0.334 e. The number of hydrogen-bond acceptors (Lipinski definition) is 10. The van der Waals surface area contributed by atoms with E-state index in [-0.39, 0.29) is 27.0 Å². The van der Waals surface area contributed by atoms with E-state index in [2.05, 4.69) is 15.0 Å². The van der Waals surface area contributed by atoms with Crippen molar-refractivity contribution in [3.05, 3.63) is 52.6 Å². The van der Waals surface area contributed by atoms with Gasteiger partial charge >= 0.3 is 10.2 Å². The summed E-state index contributed by atoms with van der Waals surface area (Å²) < 4.78 is 74.7. The second-order valence-corrected chi connectivity index (χ2v) is 11.3. The zero-order chi connectivity index (χ0) is 25.4. The molecule has 12 nitrogen and oxygen atoms in total. The van der Waals surface area contributed by atoms with E-state index in [1.165, 1.54) is 24.5 Å². The molecule has 16 heteroatoms. The lowest BCUT2D eigenvalue weighted by atomic mass is 10.1. The predicted octanol–water partition coefficient (Wildman–Crippen LogP) is 3.64. The summed E-state index contributed by atoms with van der Waals surface area (Å²) in [6.07, 6.45) is 2.15. The van der Waals surface area contributed by atoms with Crippen molar-refractivity contribution in [1.82, 2.24) is 0 Å². The first-order valence-electron chi connectivity index (χ1n) is 8.94. The van der Waals surface area contributed by atoms with Gasteiger partial charge in [0.25, 0.3) is 5.69 Å². The third-order valence-electron chi connectivity index (χ3n) is 4.36. The number of phenolic OH excluding ortho intramolecular Hbond substituents is 1. The average Bonchev–Trinajstić information content (AvgIpc) is 2.71. The topological polar surface area (TPSA) is 191 Å². The Morgan fingerprint density at radius 1 is 1.09 bits per heavy atom. The van der Waals surface area contributed by atoms with Gasteiger partial charge in [0.1, 0.15) is 22.5 Å². The average molecular weight is 531 g/mol. The summed E-state index contributed by atoms with van der Waals surface area (Å²) in [5.41, 5.74) is -1.46. The van der Waals surface area contributed by atoms with Crippen molar-refractivity contribution in [2.75, 3.05) is 17.2 Å². The molecule has 0 aliphatic heterocycles. The van der Waals surface area contributed by atoms with Crippen LogP contribution in [0.2, 0.25) is 0 Å². The number of halogens is 1. The molecule has 0 saturated heterocycles. The highest BCUT2D eigenvalue weighted by molar-refractivity contribution is 7.92. The van der Waals surface area contributed by atoms with Crippen LogP contribution in [0.1, 0.15) is 0 Å². The highest BCUT2D eigenvalue weighted by atomic mass is 32.3. The smallest absolute Gasteiger partial charge is 0.334 e. The number of benzene rings is 3. The fourth-order valence-electron chi connectivity index (χ4n) is 3.01. The van der Waals surface area contributed by atoms with Gasteiger partial charge in [0.2, 0.25) is 10.0 Å². The molecule has 3 rings (SSSR count). The molecule has 0 aliphatic rings. The number of aromatic hydroxyl groups is 1. The zero-order valence-corrected chi connectivity index (χ0v) is 19.7. The van der Waals surface area contributed by atoms with Crippen LogP contribution in [0, 0.1) is 10.1 Å². The fraction of sp³-hybridized carbons (Fsp3) is 0.111. The van der Waals surface area contributed by atoms with E-state index in [1.807, 2.05) is 0 Å². The van der Waals surface area contributed by atoms with Crippen molar-refractivity contribution in [3.8, 4) is 5.75 Å². The van der Waals surface area contributed by atoms with Gasteiger partial charge in [-0.1, -0.05) is 12.1 Å². The maximum atomic E-state index is 13.8. The van der Waals surface area contributed by atoms with Gasteiger partial charge in [0, 0.05) is 29.0 Å². The molecule has 1 atom stereocenters. The number of fused-ring (bicyclic) bond motifs is 1. The van der Waals surface area contributed by atoms with E-state index < -0.39 is 58.4 Å². The Labute approximate surface area is 195 Å². The number of nitro benzene ring substituents is 1. The molecule has 3 aromatic rings. The Morgan fingerprint density at radius 2 is 1.74 bits per heavy atom. The minimum atomic E-state index is -5.44. The molecule has 0 aromatic heterocycles. The fourth-order valence-corrected chi connectivity index (χ4v) is 4.86. The number of hydrogen-bond donors (Lipinski definition) is 2. The molecule has 2 N–H and O–H groups in total. The maximum absolute atomic E-state index is 13.8. The van der Waals surface area contributed by atoms with Crippen LogP contribution in [-0.2, 0) is 31.4 Å². The molecule has 0 amide bonds. The highest BCUT2D eigenvalue weighted by Crippen LogP contribution is 2.43. The highest BCUT2D eigenvalue weighted by Gasteiger charge is 2.24. The van der Waals surface area contributed by atoms with Crippen LogP contribution in [0.25, 0.3) is 10.8 Å². The summed E-state index contributed by atoms with van der Waals surface area (Å²) in [7, 11) is -9.22. The van der Waals surface area contributed by atoms with Crippen molar-refractivity contribution >= 4 is 64.9 Å². The summed E-state index contributed by atoms with van der Waals surface area (Å²) >= 11 is -1.73. The van der Waals surface area contributed by atoms with E-state index in [1.54, 1.807) is 0 Å². The molecule has 0 aliphatic carbocycles. The van der Waals surface area contributed by atoms with Crippen molar-refractivity contribution in [3.63, 3.8) is 0 Å². The number of anilines is 1. The number of nitro groups is 1. The minimum absolute atomic E-state index is 0.0231. The number of azo groups is 1. The van der Waals surface area contributed by atoms with Gasteiger partial charge in [0.15, 0.2) is 10.6 Å². The van der Waals surface area contributed by atoms with Crippen LogP contribution in [0.3, 0.4) is 0 Å². The van der Waals surface area contributed by atoms with Crippen LogP contribution in [0.4, 0.5) is 26.6 Å². The molecule has 34 heavy (non-hydrogen) atoms. The molecular weight excluding hydrogens is 515 g/mol. The van der Waals surface area contributed by atoms with Gasteiger partial charge in [0.05, 0.1) is 16.9 Å². The van der Waals surface area contributed by atoms with Crippen LogP contribution >= 0.6 is 0 Å². The lowest BCUT2D eigenvalue weighted by Crippen LogP contribution is -2.10. The second-order valence-electron chi connectivity index (χ2n) is 6.85. The van der Waals surface area contributed by atoms with E-state index >= 15 is 0 Å². The quantitative estimate of drug-likeness (QED) is 0.152. The molecular formula is C18H15FN4O8S3. The van der Waals surface area contributed by atoms with Gasteiger partial charge in [-0.2, -0.15) is 8.42 Å². The number of phenols is 1. The number of sulfonamides is 1. The van der Waals surface area contributed by atoms with Crippen molar-refractivity contribution in [2.45, 2.75) is 9.79 Å². The van der Waals surface area contributed by atoms with Gasteiger partial charge in [-0.25, -0.2) is 8.42 Å². The SMILES string of the molecule is C[S+]([O-])c1cc(/N=N/c2ccc([N+](=O)[O-])cc2S(=O)(=O)F)c2c(NS(C)(=O)=O)cccc2c1O. The molecule has 0 bridgehead atoms. The van der Waals surface area contributed by atoms with Crippen LogP contribution in [-0.4, -0.2) is 43.9 Å². The summed E-state index contributed by atoms with van der Waals surface area (Å²) in [5, 5.41) is 29.1. The van der Waals surface area contributed by atoms with E-state index in [0.717, 1.165) is 24.5 Å². The molecule has 0 radical (unpaired) electrons. The number of nitrogens with one attached hydrogen (secondary N) is 1. The Bertz CT molecular complexity index is 1560. The molecule has 0 spiro atoms. The van der Waals surface area contributed by atoms with Crippen LogP contribution in [0.5, 0.6) is 5.75 Å². The van der Waals surface area contributed by atoms with Crippen molar-refractivity contribution < 1.29 is 35.3 Å². The van der Waals surface area contributed by atoms with Gasteiger partial charge in [-0.05, 0) is 23.3 Å². The molecule has 0 heterocycles. The number of nitrogens with zero attached hydrogens (tertiary/aromatic N) is 3. The second kappa shape index (κ2) is 9.13. The number of non-ortho nitro benzene ring substituents is 1. The molecule has 0 fully saturated rings. The Morgan fingerprint density at radius 3 is 2.29 bits per heavy atom. The number of rotatable bonds is 7. The summed E-state index contributed by atoms with van der Waals surface area (Å²) in [4.78, 5) is 8.81. The van der Waals surface area contributed by atoms with Gasteiger partial charge in [-0.15, -0.1) is 14.1 Å². The van der Waals surface area contributed by atoms with E-state index in [0.29, 0.717) is 6.07 Å². The Balaban J connectivity index is 2.32. The zero-order valence-electron chi connectivity index (χ0n) is 17.3. The first-order valence-corrected chi connectivity index (χ1v) is 13.8. The van der Waals surface area contributed by atoms with Crippen LogP contribution in [0.15, 0.2) is 62.5 Å². The van der Waals surface area contributed by atoms with Crippen LogP contribution < -0.4 is 4.72 Å². The standard InChI is InChI=1S/C18H15FN4O8S3/c1-32(27)15-9-14(17-11(18(15)24)4-3-5-13(17)22-33(2,28)29)21-20-12-7-6-10(23(25)26)8-16(12)34(19,30)31/h3-9,22,24H,1-2H3/b21-20+. The minimum Gasteiger partial charge on any atom is -0.612 e. The largest absolute Gasteiger partial charge is 0.612 e. The third-order valence-corrected chi connectivity index (χ3v) is 6.74. The predicted molar refractivity (Wildman–Crippen MR) is 122 cm³/mol. The summed E-state index contributed by atoms with van der Waals surface area (Å²) in [6, 6.07) is 7.54. The van der Waals surface area contributed by atoms with E-state index in [4.69, 9.17) is 0 Å². The van der Waals surface area contributed by atoms with Gasteiger partial charge in [-0.3, -0.25) is 14.8 Å². The third kappa shape index (κ3) is 5.41. The van der Waals surface area contributed by atoms with Gasteiger partial charge < -0.3 is 9.66 Å². The van der Waals surface area contributed by atoms with Crippen molar-refractivity contribution in [2.24, 2.45) is 10.2 Å².